The Morgan fingerprint density at radius 1 is 0.848 bits per heavy atom. The van der Waals surface area contributed by atoms with E-state index in [-0.39, 0.29) is 5.91 Å². The summed E-state index contributed by atoms with van der Waals surface area (Å²) in [7, 11) is 1.55. The van der Waals surface area contributed by atoms with Gasteiger partial charge < -0.3 is 15.8 Å². The van der Waals surface area contributed by atoms with E-state index in [1.807, 2.05) is 91.0 Å². The molecule has 168 valence electrons. The predicted molar refractivity (Wildman–Crippen MR) is 137 cm³/mol. The van der Waals surface area contributed by atoms with Crippen LogP contribution in [-0.4, -0.2) is 13.0 Å². The molecule has 0 unspecified atom stereocenters. The zero-order valence-electron chi connectivity index (χ0n) is 18.4. The van der Waals surface area contributed by atoms with E-state index in [4.69, 9.17) is 15.6 Å². The standard InChI is InChI=1S/C20H18N2O2S.C7H9N/c1-24-18-8-4-2-7-17(18)20(23)22-15-12-10-14(11-13-15)16-6-3-5-9-19(16)25-21;8-6-7-4-2-1-3-5-7/h2-13H,21H2,1H3,(H,22,23);1-5H,6,8H2. The van der Waals surface area contributed by atoms with Crippen LogP contribution in [0.3, 0.4) is 0 Å². The summed E-state index contributed by atoms with van der Waals surface area (Å²) in [5.41, 5.74) is 9.87. The first-order chi connectivity index (χ1) is 16.2. The van der Waals surface area contributed by atoms with Crippen molar-refractivity contribution >= 4 is 23.5 Å². The second kappa shape index (κ2) is 12.5. The van der Waals surface area contributed by atoms with Crippen LogP contribution in [0.1, 0.15) is 15.9 Å². The number of hydrogen-bond acceptors (Lipinski definition) is 5. The van der Waals surface area contributed by atoms with E-state index in [1.54, 1.807) is 19.2 Å². The number of methoxy groups -OCH3 is 1. The smallest absolute Gasteiger partial charge is 0.259 e. The molecule has 0 saturated carbocycles. The summed E-state index contributed by atoms with van der Waals surface area (Å²) < 4.78 is 5.23. The Bertz CT molecular complexity index is 1170. The fraction of sp³-hybridized carbons (Fsp3) is 0.0741. The Morgan fingerprint density at radius 3 is 2.12 bits per heavy atom. The van der Waals surface area contributed by atoms with Crippen LogP contribution in [-0.2, 0) is 6.54 Å². The number of ether oxygens (including phenoxy) is 1. The second-order valence-electron chi connectivity index (χ2n) is 7.04. The lowest BCUT2D eigenvalue weighted by Crippen LogP contribution is -2.13. The molecule has 0 bridgehead atoms. The second-order valence-corrected chi connectivity index (χ2v) is 7.71. The van der Waals surface area contributed by atoms with E-state index < -0.39 is 0 Å². The van der Waals surface area contributed by atoms with Crippen molar-refractivity contribution in [2.24, 2.45) is 10.9 Å². The summed E-state index contributed by atoms with van der Waals surface area (Å²) >= 11 is 1.22. The third-order valence-electron chi connectivity index (χ3n) is 4.90. The number of nitrogens with two attached hydrogens (primary N) is 2. The molecule has 5 nitrogen and oxygen atoms in total. The molecule has 0 aromatic heterocycles. The number of nitrogens with one attached hydrogen (secondary N) is 1. The monoisotopic (exact) mass is 457 g/mol. The summed E-state index contributed by atoms with van der Waals surface area (Å²) in [5.74, 6) is 0.341. The van der Waals surface area contributed by atoms with Crippen molar-refractivity contribution in [3.63, 3.8) is 0 Å². The molecule has 0 saturated heterocycles. The van der Waals surface area contributed by atoms with Gasteiger partial charge in [0.25, 0.3) is 5.91 Å². The first kappa shape index (κ1) is 24.1. The number of carbonyl (C=O) groups is 1. The van der Waals surface area contributed by atoms with Crippen LogP contribution in [0.15, 0.2) is 108 Å². The summed E-state index contributed by atoms with van der Waals surface area (Å²) in [6, 6.07) is 32.8. The molecule has 4 rings (SSSR count). The highest BCUT2D eigenvalue weighted by molar-refractivity contribution is 7.97. The van der Waals surface area contributed by atoms with E-state index in [0.29, 0.717) is 17.9 Å². The highest BCUT2D eigenvalue weighted by Crippen LogP contribution is 2.29. The fourth-order valence-electron chi connectivity index (χ4n) is 3.19. The minimum atomic E-state index is -0.205. The third kappa shape index (κ3) is 6.70. The van der Waals surface area contributed by atoms with E-state index in [1.165, 1.54) is 17.5 Å². The molecule has 5 N–H and O–H groups in total. The molecule has 4 aromatic rings. The van der Waals surface area contributed by atoms with Crippen molar-refractivity contribution < 1.29 is 9.53 Å². The quantitative estimate of drug-likeness (QED) is 0.322. The van der Waals surface area contributed by atoms with Gasteiger partial charge in [0, 0.05) is 17.1 Å². The summed E-state index contributed by atoms with van der Waals surface area (Å²) in [6.45, 7) is 0.640. The Balaban J connectivity index is 0.000000323. The summed E-state index contributed by atoms with van der Waals surface area (Å²) in [4.78, 5) is 13.4. The lowest BCUT2D eigenvalue weighted by molar-refractivity contribution is 0.102. The molecule has 6 heteroatoms. The van der Waals surface area contributed by atoms with Crippen molar-refractivity contribution in [1.29, 1.82) is 0 Å². The van der Waals surface area contributed by atoms with Crippen molar-refractivity contribution in [3.8, 4) is 16.9 Å². The van der Waals surface area contributed by atoms with Gasteiger partial charge in [-0.2, -0.15) is 0 Å². The van der Waals surface area contributed by atoms with Gasteiger partial charge in [-0.15, -0.1) is 0 Å². The first-order valence-corrected chi connectivity index (χ1v) is 11.3. The maximum atomic E-state index is 12.4. The molecule has 33 heavy (non-hydrogen) atoms. The van der Waals surface area contributed by atoms with Gasteiger partial charge in [0.2, 0.25) is 0 Å². The lowest BCUT2D eigenvalue weighted by Gasteiger charge is -2.11. The number of carbonyl (C=O) groups excluding carboxylic acids is 1. The maximum absolute atomic E-state index is 12.4. The van der Waals surface area contributed by atoms with Gasteiger partial charge in [-0.3, -0.25) is 9.93 Å². The Kier molecular flexibility index (Phi) is 9.08. The van der Waals surface area contributed by atoms with Gasteiger partial charge in [0.1, 0.15) is 5.75 Å². The van der Waals surface area contributed by atoms with E-state index >= 15 is 0 Å². The number of anilines is 1. The van der Waals surface area contributed by atoms with E-state index in [2.05, 4.69) is 5.32 Å². The molecule has 1 amide bonds. The summed E-state index contributed by atoms with van der Waals surface area (Å²) in [6.07, 6.45) is 0. The highest BCUT2D eigenvalue weighted by atomic mass is 32.2. The SMILES string of the molecule is COc1ccccc1C(=O)Nc1ccc(-c2ccccc2SN)cc1.NCc1ccccc1. The van der Waals surface area contributed by atoms with Crippen LogP contribution in [0.2, 0.25) is 0 Å². The molecular weight excluding hydrogens is 430 g/mol. The van der Waals surface area contributed by atoms with Crippen LogP contribution >= 0.6 is 11.9 Å². The van der Waals surface area contributed by atoms with Gasteiger partial charge in [-0.05, 0) is 59.0 Å². The van der Waals surface area contributed by atoms with Crippen LogP contribution in [0.25, 0.3) is 11.1 Å². The number of rotatable bonds is 6. The first-order valence-electron chi connectivity index (χ1n) is 10.4. The fourth-order valence-corrected chi connectivity index (χ4v) is 3.66. The zero-order chi connectivity index (χ0) is 23.5. The van der Waals surface area contributed by atoms with Crippen molar-refractivity contribution in [2.45, 2.75) is 11.4 Å². The third-order valence-corrected chi connectivity index (χ3v) is 5.51. The van der Waals surface area contributed by atoms with Crippen molar-refractivity contribution in [1.82, 2.24) is 0 Å². The molecular formula is C27H27N3O2S. The minimum absolute atomic E-state index is 0.205. The average molecular weight is 458 g/mol. The highest BCUT2D eigenvalue weighted by Gasteiger charge is 2.12. The van der Waals surface area contributed by atoms with Crippen LogP contribution < -0.4 is 20.9 Å². The van der Waals surface area contributed by atoms with Crippen molar-refractivity contribution in [3.05, 3.63) is 114 Å². The van der Waals surface area contributed by atoms with Crippen LogP contribution in [0.5, 0.6) is 5.75 Å². The molecule has 0 atom stereocenters. The zero-order valence-corrected chi connectivity index (χ0v) is 19.2. The van der Waals surface area contributed by atoms with Gasteiger partial charge in [-0.25, -0.2) is 0 Å². The topological polar surface area (TPSA) is 90.4 Å². The Labute approximate surface area is 198 Å². The molecule has 0 aliphatic carbocycles. The molecule has 0 aliphatic heterocycles. The average Bonchev–Trinajstić information content (AvgIpc) is 2.90. The number of hydrogen-bond donors (Lipinski definition) is 3. The summed E-state index contributed by atoms with van der Waals surface area (Å²) in [5, 5.41) is 8.61. The van der Waals surface area contributed by atoms with Gasteiger partial charge in [-0.1, -0.05) is 72.8 Å². The maximum Gasteiger partial charge on any atom is 0.259 e. The molecule has 4 aromatic carbocycles. The normalized spacial score (nSPS) is 10.0. The number of para-hydroxylation sites is 1. The van der Waals surface area contributed by atoms with E-state index in [0.717, 1.165) is 21.7 Å². The van der Waals surface area contributed by atoms with Crippen molar-refractivity contribution in [2.75, 3.05) is 12.4 Å². The van der Waals surface area contributed by atoms with Gasteiger partial charge >= 0.3 is 0 Å². The Morgan fingerprint density at radius 2 is 1.48 bits per heavy atom. The van der Waals surface area contributed by atoms with E-state index in [9.17, 15) is 4.79 Å². The predicted octanol–water partition coefficient (Wildman–Crippen LogP) is 5.73. The minimum Gasteiger partial charge on any atom is -0.496 e. The van der Waals surface area contributed by atoms with Gasteiger partial charge in [0.15, 0.2) is 0 Å². The molecule has 0 fully saturated rings. The van der Waals surface area contributed by atoms with Crippen LogP contribution in [0.4, 0.5) is 5.69 Å². The van der Waals surface area contributed by atoms with Crippen LogP contribution in [0, 0.1) is 0 Å². The molecule has 0 aliphatic rings. The number of amides is 1. The largest absolute Gasteiger partial charge is 0.496 e. The molecule has 0 radical (unpaired) electrons. The molecule has 0 spiro atoms. The molecule has 0 heterocycles. The van der Waals surface area contributed by atoms with Gasteiger partial charge in [0.05, 0.1) is 12.7 Å². The Hall–Kier alpha value is -3.58. The number of benzene rings is 4. The lowest BCUT2D eigenvalue weighted by atomic mass is 10.1.